The molecule has 5 aromatic rings. The molecule has 0 aliphatic carbocycles. The first kappa shape index (κ1) is 18.5. The molecule has 0 saturated heterocycles. The monoisotopic (exact) mass is 422 g/mol. The number of aromatic nitrogens is 6. The molecule has 0 N–H and O–H groups in total. The van der Waals surface area contributed by atoms with E-state index in [2.05, 4.69) is 66.3 Å². The fourth-order valence-electron chi connectivity index (χ4n) is 4.02. The van der Waals surface area contributed by atoms with Crippen LogP contribution in [0.4, 0.5) is 0 Å². The number of nitrogens with zero attached hydrogens (tertiary/aromatic N) is 6. The molecule has 8 nitrogen and oxygen atoms in total. The van der Waals surface area contributed by atoms with E-state index in [-0.39, 0.29) is 0 Å². The highest BCUT2D eigenvalue weighted by Gasteiger charge is 2.25. The summed E-state index contributed by atoms with van der Waals surface area (Å²) in [7, 11) is 1.66. The molecule has 6 rings (SSSR count). The summed E-state index contributed by atoms with van der Waals surface area (Å²) < 4.78 is 14.8. The summed E-state index contributed by atoms with van der Waals surface area (Å²) in [6.45, 7) is 2.98. The van der Waals surface area contributed by atoms with Gasteiger partial charge in [0.1, 0.15) is 18.6 Å². The molecule has 8 heteroatoms. The average molecular weight is 422 g/mol. The Bertz CT molecular complexity index is 1550. The summed E-state index contributed by atoms with van der Waals surface area (Å²) in [6, 6.07) is 10.1. The van der Waals surface area contributed by atoms with Crippen molar-refractivity contribution in [1.82, 2.24) is 29.3 Å². The fourth-order valence-corrected chi connectivity index (χ4v) is 4.02. The Kier molecular flexibility index (Phi) is 4.16. The van der Waals surface area contributed by atoms with E-state index < -0.39 is 0 Å². The minimum absolute atomic E-state index is 0.375. The van der Waals surface area contributed by atoms with Gasteiger partial charge < -0.3 is 13.7 Å². The van der Waals surface area contributed by atoms with E-state index >= 15 is 0 Å². The van der Waals surface area contributed by atoms with Crippen molar-refractivity contribution in [2.75, 3.05) is 7.11 Å². The van der Waals surface area contributed by atoms with Gasteiger partial charge >= 0.3 is 0 Å². The summed E-state index contributed by atoms with van der Waals surface area (Å²) in [4.78, 5) is 8.93. The SMILES string of the molecule is COCc1nnc2n1Cc1c(C#Cc3cnc4occc4c3)ncn1-c1ccc(C)cc1-2. The number of methoxy groups -OCH3 is 1. The molecule has 1 aliphatic heterocycles. The van der Waals surface area contributed by atoms with Gasteiger partial charge in [0.2, 0.25) is 5.71 Å². The molecule has 5 heterocycles. The van der Waals surface area contributed by atoms with Gasteiger partial charge in [-0.2, -0.15) is 0 Å². The van der Waals surface area contributed by atoms with Gasteiger partial charge in [-0.05, 0) is 37.1 Å². The standard InChI is InChI=1S/C24H18N6O2/c1-15-3-6-20-18(9-15)23-28-27-22(13-31-2)29(23)12-21-19(26-14-30(20)21)5-4-16-10-17-7-8-32-24(17)25-11-16/h3,6-11,14H,12-13H2,1-2H3. The van der Waals surface area contributed by atoms with Crippen LogP contribution in [0.1, 0.15) is 28.3 Å². The molecular formula is C24H18N6O2. The summed E-state index contributed by atoms with van der Waals surface area (Å²) in [6.07, 6.45) is 5.15. The lowest BCUT2D eigenvalue weighted by Gasteiger charge is -2.08. The van der Waals surface area contributed by atoms with Crippen LogP contribution < -0.4 is 0 Å². The first-order valence-corrected chi connectivity index (χ1v) is 10.1. The quantitative estimate of drug-likeness (QED) is 0.397. The molecule has 4 aromatic heterocycles. The van der Waals surface area contributed by atoms with Gasteiger partial charge in [-0.3, -0.25) is 4.57 Å². The second-order valence-corrected chi connectivity index (χ2v) is 7.68. The number of hydrogen-bond acceptors (Lipinski definition) is 6. The van der Waals surface area contributed by atoms with Crippen molar-refractivity contribution >= 4 is 11.1 Å². The van der Waals surface area contributed by atoms with E-state index in [9.17, 15) is 0 Å². The van der Waals surface area contributed by atoms with Crippen molar-refractivity contribution in [3.8, 4) is 28.9 Å². The van der Waals surface area contributed by atoms with Crippen molar-refractivity contribution in [2.45, 2.75) is 20.1 Å². The maximum atomic E-state index is 5.35. The van der Waals surface area contributed by atoms with E-state index in [1.165, 1.54) is 0 Å². The van der Waals surface area contributed by atoms with Gasteiger partial charge in [-0.25, -0.2) is 9.97 Å². The van der Waals surface area contributed by atoms with Crippen molar-refractivity contribution in [1.29, 1.82) is 0 Å². The summed E-state index contributed by atoms with van der Waals surface area (Å²) in [5.74, 6) is 8.00. The molecule has 0 atom stereocenters. The van der Waals surface area contributed by atoms with E-state index in [4.69, 9.17) is 9.15 Å². The van der Waals surface area contributed by atoms with Crippen LogP contribution in [0.3, 0.4) is 0 Å². The highest BCUT2D eigenvalue weighted by Crippen LogP contribution is 2.33. The molecule has 0 amide bonds. The van der Waals surface area contributed by atoms with E-state index in [0.717, 1.165) is 45.1 Å². The number of hydrogen-bond donors (Lipinski definition) is 0. The van der Waals surface area contributed by atoms with Crippen LogP contribution in [0.2, 0.25) is 0 Å². The van der Waals surface area contributed by atoms with Gasteiger partial charge in [0.25, 0.3) is 0 Å². The van der Waals surface area contributed by atoms with E-state index in [0.29, 0.717) is 24.6 Å². The molecule has 156 valence electrons. The number of aryl methyl sites for hydroxylation is 1. The summed E-state index contributed by atoms with van der Waals surface area (Å²) in [5, 5.41) is 9.76. The Labute approximate surface area is 183 Å². The lowest BCUT2D eigenvalue weighted by molar-refractivity contribution is 0.174. The first-order valence-electron chi connectivity index (χ1n) is 10.1. The first-order chi connectivity index (χ1) is 15.7. The van der Waals surface area contributed by atoms with Crippen LogP contribution in [0.25, 0.3) is 28.2 Å². The Morgan fingerprint density at radius 3 is 2.97 bits per heavy atom. The smallest absolute Gasteiger partial charge is 0.225 e. The predicted molar refractivity (Wildman–Crippen MR) is 117 cm³/mol. The van der Waals surface area contributed by atoms with Gasteiger partial charge in [0.05, 0.1) is 24.2 Å². The number of ether oxygens (including phenoxy) is 1. The minimum Gasteiger partial charge on any atom is -0.446 e. The highest BCUT2D eigenvalue weighted by atomic mass is 16.5. The van der Waals surface area contributed by atoms with Crippen LogP contribution in [0.5, 0.6) is 0 Å². The lowest BCUT2D eigenvalue weighted by Crippen LogP contribution is -2.09. The maximum absolute atomic E-state index is 5.35. The van der Waals surface area contributed by atoms with Crippen molar-refractivity contribution < 1.29 is 9.15 Å². The predicted octanol–water partition coefficient (Wildman–Crippen LogP) is 3.49. The zero-order chi connectivity index (χ0) is 21.7. The third-order valence-electron chi connectivity index (χ3n) is 5.56. The van der Waals surface area contributed by atoms with Crippen LogP contribution in [0, 0.1) is 18.8 Å². The minimum atomic E-state index is 0.375. The topological polar surface area (TPSA) is 83.8 Å². The Morgan fingerprint density at radius 1 is 1.12 bits per heavy atom. The Hall–Kier alpha value is -4.22. The van der Waals surface area contributed by atoms with Gasteiger partial charge in [-0.1, -0.05) is 17.6 Å². The Balaban J connectivity index is 1.50. The third-order valence-corrected chi connectivity index (χ3v) is 5.56. The molecular weight excluding hydrogens is 404 g/mol. The van der Waals surface area contributed by atoms with Crippen molar-refractivity contribution in [2.24, 2.45) is 0 Å². The number of benzene rings is 1. The van der Waals surface area contributed by atoms with Crippen LogP contribution in [-0.4, -0.2) is 36.4 Å². The molecule has 1 aromatic carbocycles. The molecule has 0 saturated carbocycles. The molecule has 32 heavy (non-hydrogen) atoms. The average Bonchev–Trinajstić information content (AvgIpc) is 3.50. The van der Waals surface area contributed by atoms with E-state index in [1.54, 1.807) is 19.6 Å². The largest absolute Gasteiger partial charge is 0.446 e. The Morgan fingerprint density at radius 2 is 2.06 bits per heavy atom. The van der Waals surface area contributed by atoms with Crippen molar-refractivity contribution in [3.63, 3.8) is 0 Å². The molecule has 0 radical (unpaired) electrons. The van der Waals surface area contributed by atoms with Crippen LogP contribution >= 0.6 is 0 Å². The molecule has 1 aliphatic rings. The number of pyridine rings is 1. The maximum Gasteiger partial charge on any atom is 0.225 e. The number of imidazole rings is 1. The normalized spacial score (nSPS) is 11.9. The number of rotatable bonds is 2. The fraction of sp³-hybridized carbons (Fsp3) is 0.167. The summed E-state index contributed by atoms with van der Waals surface area (Å²) >= 11 is 0. The van der Waals surface area contributed by atoms with Crippen LogP contribution in [0.15, 0.2) is 53.5 Å². The molecule has 0 unspecified atom stereocenters. The highest BCUT2D eigenvalue weighted by molar-refractivity contribution is 5.74. The lowest BCUT2D eigenvalue weighted by atomic mass is 10.1. The second kappa shape index (κ2) is 7.18. The zero-order valence-electron chi connectivity index (χ0n) is 17.5. The molecule has 0 bridgehead atoms. The van der Waals surface area contributed by atoms with Crippen LogP contribution in [-0.2, 0) is 17.9 Å². The van der Waals surface area contributed by atoms with Gasteiger partial charge in [-0.15, -0.1) is 10.2 Å². The van der Waals surface area contributed by atoms with Gasteiger partial charge in [0.15, 0.2) is 11.6 Å². The molecule has 0 spiro atoms. The van der Waals surface area contributed by atoms with E-state index in [1.807, 2.05) is 18.5 Å². The second-order valence-electron chi connectivity index (χ2n) is 7.68. The third kappa shape index (κ3) is 2.91. The zero-order valence-corrected chi connectivity index (χ0v) is 17.5. The van der Waals surface area contributed by atoms with Crippen molar-refractivity contribution in [3.05, 3.63) is 77.5 Å². The number of furan rings is 1. The number of fused-ring (bicyclic) bond motifs is 6. The van der Waals surface area contributed by atoms with Gasteiger partial charge in [0, 0.05) is 29.8 Å². The molecule has 0 fully saturated rings. The summed E-state index contributed by atoms with van der Waals surface area (Å²) in [5.41, 5.74) is 6.23.